The standard InChI is InChI=1S/C8H12BrF3/c9-5-6-3-1-2-4-7(6)8(10,11)12/h6-7H,1-5H2/t6-,7+/m0/s1. The highest BCUT2D eigenvalue weighted by Crippen LogP contribution is 2.41. The van der Waals surface area contributed by atoms with Crippen molar-refractivity contribution in [2.75, 3.05) is 5.33 Å². The fourth-order valence-corrected chi connectivity index (χ4v) is 2.60. The van der Waals surface area contributed by atoms with Gasteiger partial charge in [0.25, 0.3) is 0 Å². The van der Waals surface area contributed by atoms with Gasteiger partial charge < -0.3 is 0 Å². The summed E-state index contributed by atoms with van der Waals surface area (Å²) in [6, 6.07) is 0. The maximum atomic E-state index is 12.4. The number of hydrogen-bond donors (Lipinski definition) is 0. The third kappa shape index (κ3) is 2.38. The van der Waals surface area contributed by atoms with Crippen molar-refractivity contribution >= 4 is 15.9 Å². The van der Waals surface area contributed by atoms with Gasteiger partial charge >= 0.3 is 6.18 Å². The second kappa shape index (κ2) is 3.99. The van der Waals surface area contributed by atoms with Crippen LogP contribution < -0.4 is 0 Å². The summed E-state index contributed by atoms with van der Waals surface area (Å²) in [5.41, 5.74) is 0. The molecule has 1 aliphatic carbocycles. The van der Waals surface area contributed by atoms with Crippen molar-refractivity contribution in [3.05, 3.63) is 0 Å². The van der Waals surface area contributed by atoms with Crippen molar-refractivity contribution in [3.8, 4) is 0 Å². The van der Waals surface area contributed by atoms with Crippen molar-refractivity contribution in [1.82, 2.24) is 0 Å². The first kappa shape index (κ1) is 10.4. The van der Waals surface area contributed by atoms with E-state index in [-0.39, 0.29) is 5.92 Å². The highest BCUT2D eigenvalue weighted by atomic mass is 79.9. The second-order valence-electron chi connectivity index (χ2n) is 3.35. The van der Waals surface area contributed by atoms with E-state index in [9.17, 15) is 13.2 Å². The zero-order valence-electron chi connectivity index (χ0n) is 6.70. The van der Waals surface area contributed by atoms with Crippen LogP contribution in [0.25, 0.3) is 0 Å². The van der Waals surface area contributed by atoms with E-state index in [0.29, 0.717) is 11.8 Å². The molecule has 0 nitrogen and oxygen atoms in total. The third-order valence-electron chi connectivity index (χ3n) is 2.53. The van der Waals surface area contributed by atoms with E-state index in [1.54, 1.807) is 0 Å². The Morgan fingerprint density at radius 3 is 2.17 bits per heavy atom. The first-order valence-corrected chi connectivity index (χ1v) is 5.30. The Morgan fingerprint density at radius 1 is 1.17 bits per heavy atom. The Hall–Kier alpha value is 0.270. The van der Waals surface area contributed by atoms with Gasteiger partial charge in [0.1, 0.15) is 0 Å². The molecule has 0 aromatic carbocycles. The molecular weight excluding hydrogens is 233 g/mol. The molecule has 0 amide bonds. The van der Waals surface area contributed by atoms with Crippen molar-refractivity contribution in [1.29, 1.82) is 0 Å². The Bertz CT molecular complexity index is 144. The van der Waals surface area contributed by atoms with Crippen LogP contribution >= 0.6 is 15.9 Å². The van der Waals surface area contributed by atoms with Crippen LogP contribution in [0.3, 0.4) is 0 Å². The highest BCUT2D eigenvalue weighted by molar-refractivity contribution is 9.09. The molecule has 0 N–H and O–H groups in total. The summed E-state index contributed by atoms with van der Waals surface area (Å²) in [5.74, 6) is -1.26. The fourth-order valence-electron chi connectivity index (χ4n) is 1.82. The van der Waals surface area contributed by atoms with E-state index in [1.807, 2.05) is 0 Å². The van der Waals surface area contributed by atoms with Gasteiger partial charge in [-0.15, -0.1) is 0 Å². The molecule has 0 unspecified atom stereocenters. The maximum Gasteiger partial charge on any atom is 0.392 e. The number of halogens is 4. The Kier molecular flexibility index (Phi) is 3.44. The number of alkyl halides is 4. The molecule has 1 saturated carbocycles. The van der Waals surface area contributed by atoms with Crippen LogP contribution in [0, 0.1) is 11.8 Å². The van der Waals surface area contributed by atoms with Crippen molar-refractivity contribution in [2.45, 2.75) is 31.9 Å². The van der Waals surface area contributed by atoms with E-state index in [2.05, 4.69) is 15.9 Å². The van der Waals surface area contributed by atoms with Gasteiger partial charge in [0.15, 0.2) is 0 Å². The molecule has 0 aliphatic heterocycles. The third-order valence-corrected chi connectivity index (χ3v) is 3.36. The van der Waals surface area contributed by atoms with Crippen molar-refractivity contribution in [2.24, 2.45) is 11.8 Å². The lowest BCUT2D eigenvalue weighted by molar-refractivity contribution is -0.193. The van der Waals surface area contributed by atoms with Crippen LogP contribution in [-0.2, 0) is 0 Å². The zero-order valence-corrected chi connectivity index (χ0v) is 8.29. The maximum absolute atomic E-state index is 12.4. The molecule has 0 heterocycles. The van der Waals surface area contributed by atoms with Gasteiger partial charge in [0.05, 0.1) is 5.92 Å². The summed E-state index contributed by atoms with van der Waals surface area (Å²) in [5, 5.41) is 0.483. The predicted octanol–water partition coefficient (Wildman–Crippen LogP) is 3.75. The molecule has 0 spiro atoms. The largest absolute Gasteiger partial charge is 0.392 e. The van der Waals surface area contributed by atoms with Crippen LogP contribution in [0.5, 0.6) is 0 Å². The van der Waals surface area contributed by atoms with E-state index >= 15 is 0 Å². The molecule has 0 radical (unpaired) electrons. The minimum Gasteiger partial charge on any atom is -0.171 e. The van der Waals surface area contributed by atoms with Crippen LogP contribution in [0.1, 0.15) is 25.7 Å². The van der Waals surface area contributed by atoms with Gasteiger partial charge in [-0.2, -0.15) is 13.2 Å². The summed E-state index contributed by atoms with van der Waals surface area (Å²) < 4.78 is 37.1. The SMILES string of the molecule is FC(F)(F)[C@@H]1CCCC[C@H]1CBr. The summed E-state index contributed by atoms with van der Waals surface area (Å²) in [4.78, 5) is 0. The summed E-state index contributed by atoms with van der Waals surface area (Å²) >= 11 is 3.14. The molecule has 1 fully saturated rings. The molecule has 4 heteroatoms. The molecule has 72 valence electrons. The van der Waals surface area contributed by atoms with Crippen molar-refractivity contribution in [3.63, 3.8) is 0 Å². The second-order valence-corrected chi connectivity index (χ2v) is 3.99. The van der Waals surface area contributed by atoms with Crippen LogP contribution in [-0.4, -0.2) is 11.5 Å². The first-order valence-electron chi connectivity index (χ1n) is 4.18. The fraction of sp³-hybridized carbons (Fsp3) is 1.00. The Morgan fingerprint density at radius 2 is 1.75 bits per heavy atom. The van der Waals surface area contributed by atoms with Gasteiger partial charge in [-0.1, -0.05) is 28.8 Å². The quantitative estimate of drug-likeness (QED) is 0.617. The average Bonchev–Trinajstić information content (AvgIpc) is 2.03. The van der Waals surface area contributed by atoms with E-state index < -0.39 is 12.1 Å². The smallest absolute Gasteiger partial charge is 0.171 e. The zero-order chi connectivity index (χ0) is 9.19. The van der Waals surface area contributed by atoms with E-state index in [0.717, 1.165) is 19.3 Å². The monoisotopic (exact) mass is 244 g/mol. The number of rotatable bonds is 1. The number of hydrogen-bond acceptors (Lipinski definition) is 0. The molecule has 2 atom stereocenters. The molecule has 12 heavy (non-hydrogen) atoms. The lowest BCUT2D eigenvalue weighted by Gasteiger charge is -2.31. The van der Waals surface area contributed by atoms with Crippen molar-refractivity contribution < 1.29 is 13.2 Å². The molecule has 1 rings (SSSR count). The van der Waals surface area contributed by atoms with Crippen LogP contribution in [0.15, 0.2) is 0 Å². The average molecular weight is 245 g/mol. The molecule has 0 saturated heterocycles. The molecule has 1 aliphatic rings. The molecule has 0 aromatic rings. The summed E-state index contributed by atoms with van der Waals surface area (Å²) in [6.45, 7) is 0. The van der Waals surface area contributed by atoms with Crippen LogP contribution in [0.2, 0.25) is 0 Å². The van der Waals surface area contributed by atoms with Gasteiger partial charge in [0.2, 0.25) is 0 Å². The minimum absolute atomic E-state index is 0.196. The summed E-state index contributed by atoms with van der Waals surface area (Å²) in [6.07, 6.45) is -1.27. The van der Waals surface area contributed by atoms with E-state index in [4.69, 9.17) is 0 Å². The Labute approximate surface area is 78.7 Å². The first-order chi connectivity index (χ1) is 5.55. The van der Waals surface area contributed by atoms with Gasteiger partial charge in [-0.25, -0.2) is 0 Å². The van der Waals surface area contributed by atoms with Crippen LogP contribution in [0.4, 0.5) is 13.2 Å². The molecule has 0 bridgehead atoms. The summed E-state index contributed by atoms with van der Waals surface area (Å²) in [7, 11) is 0. The normalized spacial score (nSPS) is 32.0. The minimum atomic E-state index is -3.99. The van der Waals surface area contributed by atoms with Gasteiger partial charge in [0, 0.05) is 5.33 Å². The lowest BCUT2D eigenvalue weighted by Crippen LogP contribution is -2.33. The molecule has 0 aromatic heterocycles. The highest BCUT2D eigenvalue weighted by Gasteiger charge is 2.44. The molecular formula is C8H12BrF3. The van der Waals surface area contributed by atoms with Gasteiger partial charge in [-0.05, 0) is 18.8 Å². The Balaban J connectivity index is 2.59. The lowest BCUT2D eigenvalue weighted by atomic mass is 9.80. The van der Waals surface area contributed by atoms with Gasteiger partial charge in [-0.3, -0.25) is 0 Å². The van der Waals surface area contributed by atoms with E-state index in [1.165, 1.54) is 0 Å². The predicted molar refractivity (Wildman–Crippen MR) is 45.3 cm³/mol. The topological polar surface area (TPSA) is 0 Å².